The summed E-state index contributed by atoms with van der Waals surface area (Å²) in [6, 6.07) is 2.89. The number of amides is 1. The normalized spacial score (nSPS) is 10.9. The summed E-state index contributed by atoms with van der Waals surface area (Å²) in [6.45, 7) is 0. The molecule has 6 nitrogen and oxygen atoms in total. The number of nitrogens with one attached hydrogen (secondary N) is 1. The Bertz CT molecular complexity index is 455. The lowest BCUT2D eigenvalue weighted by atomic mass is 10.2. The van der Waals surface area contributed by atoms with Gasteiger partial charge in [-0.15, -0.1) is 0 Å². The molecule has 3 N–H and O–H groups in total. The van der Waals surface area contributed by atoms with Gasteiger partial charge in [-0.3, -0.25) is 4.79 Å². The molecule has 0 atom stereocenters. The molecule has 0 saturated carbocycles. The lowest BCUT2D eigenvalue weighted by molar-refractivity contribution is 0.0982. The van der Waals surface area contributed by atoms with Gasteiger partial charge in [0.1, 0.15) is 5.82 Å². The Morgan fingerprint density at radius 2 is 2.21 bits per heavy atom. The third-order valence-electron chi connectivity index (χ3n) is 1.36. The Kier molecular flexibility index (Phi) is 2.70. The molecule has 1 amide bonds. The first-order valence-electron chi connectivity index (χ1n) is 3.63. The van der Waals surface area contributed by atoms with Gasteiger partial charge in [0.05, 0.1) is 11.8 Å². The molecular weight excluding hydrogens is 206 g/mol. The number of hydrogen-bond acceptors (Lipinski definition) is 5. The zero-order chi connectivity index (χ0) is 10.8. The van der Waals surface area contributed by atoms with Gasteiger partial charge in [0, 0.05) is 6.20 Å². The van der Waals surface area contributed by atoms with Crippen LogP contribution in [0.1, 0.15) is 10.4 Å². The van der Waals surface area contributed by atoms with Gasteiger partial charge in [-0.25, -0.2) is 18.1 Å². The third kappa shape index (κ3) is 2.70. The number of nitrogen functional groups attached to an aromatic ring is 1. The molecule has 1 rings (SSSR count). The first kappa shape index (κ1) is 10.5. The quantitative estimate of drug-likeness (QED) is 0.682. The Hall–Kier alpha value is -1.63. The number of pyridine rings is 1. The fraction of sp³-hybridized carbons (Fsp3) is 0.143. The molecule has 1 aromatic rings. The van der Waals surface area contributed by atoms with Crippen molar-refractivity contribution in [1.82, 2.24) is 9.71 Å². The van der Waals surface area contributed by atoms with Gasteiger partial charge < -0.3 is 5.73 Å². The van der Waals surface area contributed by atoms with E-state index in [1.54, 1.807) is 4.72 Å². The Labute approximate surface area is 81.2 Å². The van der Waals surface area contributed by atoms with E-state index in [0.29, 0.717) is 0 Å². The summed E-state index contributed by atoms with van der Waals surface area (Å²) in [7, 11) is -3.57. The molecule has 0 aliphatic rings. The van der Waals surface area contributed by atoms with Crippen LogP contribution in [0.4, 0.5) is 5.82 Å². The Morgan fingerprint density at radius 3 is 2.71 bits per heavy atom. The van der Waals surface area contributed by atoms with E-state index < -0.39 is 15.9 Å². The lowest BCUT2D eigenvalue weighted by Gasteiger charge is -2.03. The molecule has 0 aliphatic heterocycles. The molecule has 0 fully saturated rings. The topological polar surface area (TPSA) is 102 Å². The van der Waals surface area contributed by atoms with Gasteiger partial charge in [0.25, 0.3) is 5.91 Å². The highest BCUT2D eigenvalue weighted by Gasteiger charge is 2.13. The zero-order valence-electron chi connectivity index (χ0n) is 7.39. The number of sulfonamides is 1. The predicted octanol–water partition coefficient (Wildman–Crippen LogP) is -0.647. The summed E-state index contributed by atoms with van der Waals surface area (Å²) in [5.41, 5.74) is 5.41. The van der Waals surface area contributed by atoms with Gasteiger partial charge in [-0.2, -0.15) is 0 Å². The van der Waals surface area contributed by atoms with E-state index in [9.17, 15) is 13.2 Å². The van der Waals surface area contributed by atoms with Crippen LogP contribution in [0.15, 0.2) is 18.3 Å². The van der Waals surface area contributed by atoms with Gasteiger partial charge >= 0.3 is 0 Å². The molecular formula is C7H9N3O3S. The number of nitrogens with zero attached hydrogens (tertiary/aromatic N) is 1. The summed E-state index contributed by atoms with van der Waals surface area (Å²) in [5.74, 6) is -0.785. The van der Waals surface area contributed by atoms with Crippen LogP contribution < -0.4 is 10.5 Å². The molecule has 0 unspecified atom stereocenters. The van der Waals surface area contributed by atoms with E-state index in [0.717, 1.165) is 6.26 Å². The lowest BCUT2D eigenvalue weighted by Crippen LogP contribution is -2.30. The monoisotopic (exact) mass is 215 g/mol. The molecule has 7 heteroatoms. The van der Waals surface area contributed by atoms with E-state index in [4.69, 9.17) is 5.73 Å². The first-order chi connectivity index (χ1) is 6.40. The molecule has 0 radical (unpaired) electrons. The van der Waals surface area contributed by atoms with E-state index in [1.807, 2.05) is 0 Å². The smallest absolute Gasteiger partial charge is 0.268 e. The van der Waals surface area contributed by atoms with Crippen molar-refractivity contribution in [3.05, 3.63) is 23.9 Å². The number of hydrogen-bond donors (Lipinski definition) is 2. The van der Waals surface area contributed by atoms with Gasteiger partial charge in [0.15, 0.2) is 0 Å². The molecule has 14 heavy (non-hydrogen) atoms. The van der Waals surface area contributed by atoms with Crippen LogP contribution in [-0.4, -0.2) is 25.6 Å². The number of carbonyl (C=O) groups excluding carboxylic acids is 1. The molecule has 0 aliphatic carbocycles. The number of nitrogens with two attached hydrogens (primary N) is 1. The van der Waals surface area contributed by atoms with Crippen LogP contribution >= 0.6 is 0 Å². The number of anilines is 1. The Morgan fingerprint density at radius 1 is 1.57 bits per heavy atom. The van der Waals surface area contributed by atoms with E-state index in [-0.39, 0.29) is 11.4 Å². The SMILES string of the molecule is CS(=O)(=O)NC(=O)c1cccnc1N. The first-order valence-corrected chi connectivity index (χ1v) is 5.52. The summed E-state index contributed by atoms with van der Waals surface area (Å²) in [6.07, 6.45) is 2.30. The second-order valence-electron chi connectivity index (χ2n) is 2.64. The van der Waals surface area contributed by atoms with E-state index in [2.05, 4.69) is 4.98 Å². The Balaban J connectivity index is 2.97. The van der Waals surface area contributed by atoms with Gasteiger partial charge in [-0.1, -0.05) is 0 Å². The van der Waals surface area contributed by atoms with Crippen molar-refractivity contribution in [3.63, 3.8) is 0 Å². The maximum Gasteiger partial charge on any atom is 0.268 e. The van der Waals surface area contributed by atoms with Crippen LogP contribution in [0, 0.1) is 0 Å². The zero-order valence-corrected chi connectivity index (χ0v) is 8.21. The predicted molar refractivity (Wildman–Crippen MR) is 51.0 cm³/mol. The highest BCUT2D eigenvalue weighted by Crippen LogP contribution is 2.06. The minimum Gasteiger partial charge on any atom is -0.383 e. The highest BCUT2D eigenvalue weighted by molar-refractivity contribution is 7.89. The molecule has 1 heterocycles. The summed E-state index contributed by atoms with van der Waals surface area (Å²) < 4.78 is 23.3. The fourth-order valence-electron chi connectivity index (χ4n) is 0.833. The largest absolute Gasteiger partial charge is 0.383 e. The molecule has 76 valence electrons. The molecule has 1 aromatic heterocycles. The summed E-state index contributed by atoms with van der Waals surface area (Å²) in [4.78, 5) is 14.9. The van der Waals surface area contributed by atoms with Gasteiger partial charge in [0.2, 0.25) is 10.0 Å². The number of aromatic nitrogens is 1. The second-order valence-corrected chi connectivity index (χ2v) is 4.39. The van der Waals surface area contributed by atoms with Crippen LogP contribution in [-0.2, 0) is 10.0 Å². The average Bonchev–Trinajstić information content (AvgIpc) is 2.01. The van der Waals surface area contributed by atoms with Gasteiger partial charge in [-0.05, 0) is 12.1 Å². The van der Waals surface area contributed by atoms with Crippen molar-refractivity contribution in [1.29, 1.82) is 0 Å². The number of carbonyl (C=O) groups is 1. The van der Waals surface area contributed by atoms with Crippen molar-refractivity contribution < 1.29 is 13.2 Å². The number of rotatable bonds is 2. The van der Waals surface area contributed by atoms with Crippen molar-refractivity contribution in [2.24, 2.45) is 0 Å². The van der Waals surface area contributed by atoms with Crippen LogP contribution in [0.5, 0.6) is 0 Å². The van der Waals surface area contributed by atoms with Crippen molar-refractivity contribution in [2.75, 3.05) is 12.0 Å². The minimum atomic E-state index is -3.57. The maximum atomic E-state index is 11.3. The van der Waals surface area contributed by atoms with E-state index >= 15 is 0 Å². The van der Waals surface area contributed by atoms with Crippen molar-refractivity contribution in [3.8, 4) is 0 Å². The summed E-state index contributed by atoms with van der Waals surface area (Å²) >= 11 is 0. The van der Waals surface area contributed by atoms with Crippen molar-refractivity contribution in [2.45, 2.75) is 0 Å². The summed E-state index contributed by atoms with van der Waals surface area (Å²) in [5, 5.41) is 0. The van der Waals surface area contributed by atoms with Crippen LogP contribution in [0.2, 0.25) is 0 Å². The molecule has 0 aromatic carbocycles. The second kappa shape index (κ2) is 3.62. The van der Waals surface area contributed by atoms with Crippen molar-refractivity contribution >= 4 is 21.7 Å². The third-order valence-corrected chi connectivity index (χ3v) is 1.92. The minimum absolute atomic E-state index is 0.00588. The molecule has 0 bridgehead atoms. The maximum absolute atomic E-state index is 11.3. The fourth-order valence-corrected chi connectivity index (χ4v) is 1.28. The average molecular weight is 215 g/mol. The molecule has 0 spiro atoms. The van der Waals surface area contributed by atoms with Crippen LogP contribution in [0.3, 0.4) is 0 Å². The highest BCUT2D eigenvalue weighted by atomic mass is 32.2. The standard InChI is InChI=1S/C7H9N3O3S/c1-14(12,13)10-7(11)5-3-2-4-9-6(5)8/h2-4H,1H3,(H2,8,9)(H,10,11). The molecule has 0 saturated heterocycles. The van der Waals surface area contributed by atoms with Crippen LogP contribution in [0.25, 0.3) is 0 Å². The van der Waals surface area contributed by atoms with E-state index in [1.165, 1.54) is 18.3 Å².